The standard InChI is InChI=1S/C17H13F3/c1-2-11-4-3-5-13-8-12-6-7-15(17(18,19)20)9-14(12)10-16(11)13/h3-10H,2H2,1H3. The van der Waals surface area contributed by atoms with Gasteiger partial charge >= 0.3 is 6.18 Å². The van der Waals surface area contributed by atoms with Gasteiger partial charge < -0.3 is 0 Å². The summed E-state index contributed by atoms with van der Waals surface area (Å²) in [5.74, 6) is 0. The number of rotatable bonds is 1. The predicted octanol–water partition coefficient (Wildman–Crippen LogP) is 5.57. The van der Waals surface area contributed by atoms with Gasteiger partial charge in [-0.25, -0.2) is 0 Å². The quantitative estimate of drug-likeness (QED) is 0.508. The summed E-state index contributed by atoms with van der Waals surface area (Å²) in [5.41, 5.74) is 0.556. The van der Waals surface area contributed by atoms with E-state index in [0.717, 1.165) is 34.2 Å². The van der Waals surface area contributed by atoms with Crippen molar-refractivity contribution in [2.24, 2.45) is 0 Å². The molecule has 20 heavy (non-hydrogen) atoms. The molecule has 0 N–H and O–H groups in total. The summed E-state index contributed by atoms with van der Waals surface area (Å²) >= 11 is 0. The molecule has 3 aromatic rings. The molecule has 102 valence electrons. The van der Waals surface area contributed by atoms with E-state index in [9.17, 15) is 13.2 Å². The van der Waals surface area contributed by atoms with E-state index in [1.807, 2.05) is 37.3 Å². The van der Waals surface area contributed by atoms with Crippen LogP contribution in [0.4, 0.5) is 13.2 Å². The molecule has 0 aliphatic carbocycles. The van der Waals surface area contributed by atoms with Crippen molar-refractivity contribution in [3.63, 3.8) is 0 Å². The first kappa shape index (κ1) is 13.0. The largest absolute Gasteiger partial charge is 0.416 e. The summed E-state index contributed by atoms with van der Waals surface area (Å²) in [5, 5.41) is 3.56. The molecule has 3 heteroatoms. The Morgan fingerprint density at radius 3 is 2.35 bits per heavy atom. The maximum absolute atomic E-state index is 12.8. The molecule has 0 saturated heterocycles. The van der Waals surface area contributed by atoms with E-state index in [2.05, 4.69) is 0 Å². The van der Waals surface area contributed by atoms with Gasteiger partial charge in [-0.15, -0.1) is 0 Å². The highest BCUT2D eigenvalue weighted by Crippen LogP contribution is 2.33. The van der Waals surface area contributed by atoms with Crippen molar-refractivity contribution in [1.82, 2.24) is 0 Å². The lowest BCUT2D eigenvalue weighted by atomic mass is 9.97. The molecule has 3 aromatic carbocycles. The van der Waals surface area contributed by atoms with Gasteiger partial charge in [-0.1, -0.05) is 31.2 Å². The second-order valence-electron chi connectivity index (χ2n) is 4.90. The minimum atomic E-state index is -4.30. The number of hydrogen-bond donors (Lipinski definition) is 0. The monoisotopic (exact) mass is 274 g/mol. The molecule has 0 aromatic heterocycles. The molecule has 0 atom stereocenters. The van der Waals surface area contributed by atoms with Crippen LogP contribution in [-0.4, -0.2) is 0 Å². The predicted molar refractivity (Wildman–Crippen MR) is 75.8 cm³/mol. The molecule has 0 nitrogen and oxygen atoms in total. The summed E-state index contributed by atoms with van der Waals surface area (Å²) in [7, 11) is 0. The first-order chi connectivity index (χ1) is 9.49. The molecule has 0 spiro atoms. The zero-order valence-electron chi connectivity index (χ0n) is 11.0. The van der Waals surface area contributed by atoms with Gasteiger partial charge in [-0.05, 0) is 57.8 Å². The molecular weight excluding hydrogens is 261 g/mol. The number of alkyl halides is 3. The average Bonchev–Trinajstić information content (AvgIpc) is 2.42. The van der Waals surface area contributed by atoms with Gasteiger partial charge in [0.2, 0.25) is 0 Å². The molecule has 0 amide bonds. The molecule has 0 aliphatic rings. The summed E-state index contributed by atoms with van der Waals surface area (Å²) in [4.78, 5) is 0. The van der Waals surface area contributed by atoms with Crippen LogP contribution < -0.4 is 0 Å². The van der Waals surface area contributed by atoms with Crippen LogP contribution in [0, 0.1) is 0 Å². The molecule has 0 radical (unpaired) electrons. The van der Waals surface area contributed by atoms with Crippen LogP contribution in [0.1, 0.15) is 18.1 Å². The fraction of sp³-hybridized carbons (Fsp3) is 0.176. The van der Waals surface area contributed by atoms with Gasteiger partial charge in [0.25, 0.3) is 0 Å². The van der Waals surface area contributed by atoms with Gasteiger partial charge in [0.15, 0.2) is 0 Å². The van der Waals surface area contributed by atoms with E-state index in [1.54, 1.807) is 0 Å². The van der Waals surface area contributed by atoms with Crippen LogP contribution in [0.3, 0.4) is 0 Å². The van der Waals surface area contributed by atoms with Crippen LogP contribution in [-0.2, 0) is 12.6 Å². The second kappa shape index (κ2) is 4.51. The second-order valence-corrected chi connectivity index (χ2v) is 4.90. The maximum atomic E-state index is 12.8. The average molecular weight is 274 g/mol. The molecule has 0 heterocycles. The Labute approximate surface area is 114 Å². The third-order valence-corrected chi connectivity index (χ3v) is 3.64. The Balaban J connectivity index is 2.32. The van der Waals surface area contributed by atoms with Crippen molar-refractivity contribution < 1.29 is 13.2 Å². The summed E-state index contributed by atoms with van der Waals surface area (Å²) in [6.45, 7) is 2.05. The summed E-state index contributed by atoms with van der Waals surface area (Å²) in [6, 6.07) is 13.7. The minimum Gasteiger partial charge on any atom is -0.166 e. The number of hydrogen-bond acceptors (Lipinski definition) is 0. The third kappa shape index (κ3) is 2.13. The lowest BCUT2D eigenvalue weighted by Gasteiger charge is -2.10. The van der Waals surface area contributed by atoms with Gasteiger partial charge in [0, 0.05) is 0 Å². The molecule has 3 rings (SSSR count). The van der Waals surface area contributed by atoms with Gasteiger partial charge in [-0.2, -0.15) is 13.2 Å². The van der Waals surface area contributed by atoms with Gasteiger partial charge in [0.05, 0.1) is 5.56 Å². The van der Waals surface area contributed by atoms with Crippen LogP contribution >= 0.6 is 0 Å². The molecule has 0 bridgehead atoms. The Hall–Kier alpha value is -2.03. The van der Waals surface area contributed by atoms with E-state index in [-0.39, 0.29) is 0 Å². The SMILES string of the molecule is CCc1cccc2cc3ccc(C(F)(F)F)cc3cc12. The minimum absolute atomic E-state index is 0.599. The van der Waals surface area contributed by atoms with E-state index in [1.165, 1.54) is 12.1 Å². The Morgan fingerprint density at radius 1 is 0.850 bits per heavy atom. The number of aryl methyl sites for hydroxylation is 1. The van der Waals surface area contributed by atoms with E-state index in [4.69, 9.17) is 0 Å². The highest BCUT2D eigenvalue weighted by atomic mass is 19.4. The van der Waals surface area contributed by atoms with Crippen molar-refractivity contribution in [3.05, 3.63) is 59.7 Å². The third-order valence-electron chi connectivity index (χ3n) is 3.64. The Morgan fingerprint density at radius 2 is 1.65 bits per heavy atom. The van der Waals surface area contributed by atoms with E-state index >= 15 is 0 Å². The molecule has 0 saturated carbocycles. The van der Waals surface area contributed by atoms with E-state index < -0.39 is 11.7 Å². The van der Waals surface area contributed by atoms with Crippen LogP contribution in [0.2, 0.25) is 0 Å². The summed E-state index contributed by atoms with van der Waals surface area (Å²) < 4.78 is 38.3. The lowest BCUT2D eigenvalue weighted by Crippen LogP contribution is -2.04. The Kier molecular flexibility index (Phi) is 2.93. The zero-order valence-corrected chi connectivity index (χ0v) is 11.0. The van der Waals surface area contributed by atoms with Crippen molar-refractivity contribution in [3.8, 4) is 0 Å². The number of fused-ring (bicyclic) bond motifs is 2. The van der Waals surface area contributed by atoms with Crippen LogP contribution in [0.5, 0.6) is 0 Å². The van der Waals surface area contributed by atoms with E-state index in [0.29, 0.717) is 5.39 Å². The molecule has 0 fully saturated rings. The molecule has 0 aliphatic heterocycles. The van der Waals surface area contributed by atoms with Crippen molar-refractivity contribution >= 4 is 21.5 Å². The van der Waals surface area contributed by atoms with Gasteiger partial charge in [0.1, 0.15) is 0 Å². The topological polar surface area (TPSA) is 0 Å². The molecule has 0 unspecified atom stereocenters. The Bertz CT molecular complexity index is 785. The molecular formula is C17H13F3. The number of benzene rings is 3. The fourth-order valence-electron chi connectivity index (χ4n) is 2.57. The highest BCUT2D eigenvalue weighted by Gasteiger charge is 2.30. The van der Waals surface area contributed by atoms with Crippen LogP contribution in [0.25, 0.3) is 21.5 Å². The first-order valence-electron chi connectivity index (χ1n) is 6.51. The maximum Gasteiger partial charge on any atom is 0.416 e. The first-order valence-corrected chi connectivity index (χ1v) is 6.51. The van der Waals surface area contributed by atoms with Crippen molar-refractivity contribution in [2.45, 2.75) is 19.5 Å². The van der Waals surface area contributed by atoms with Crippen molar-refractivity contribution in [2.75, 3.05) is 0 Å². The zero-order chi connectivity index (χ0) is 14.3. The normalized spacial score (nSPS) is 12.2. The van der Waals surface area contributed by atoms with Crippen molar-refractivity contribution in [1.29, 1.82) is 0 Å². The lowest BCUT2D eigenvalue weighted by molar-refractivity contribution is -0.137. The fourth-order valence-corrected chi connectivity index (χ4v) is 2.57. The smallest absolute Gasteiger partial charge is 0.166 e. The van der Waals surface area contributed by atoms with Crippen LogP contribution in [0.15, 0.2) is 48.5 Å². The number of halogens is 3. The van der Waals surface area contributed by atoms with Gasteiger partial charge in [-0.3, -0.25) is 0 Å². The summed E-state index contributed by atoms with van der Waals surface area (Å²) in [6.07, 6.45) is -3.44. The highest BCUT2D eigenvalue weighted by molar-refractivity contribution is 5.99.